The van der Waals surface area contributed by atoms with Gasteiger partial charge in [0.2, 0.25) is 0 Å². The highest BCUT2D eigenvalue weighted by Gasteiger charge is 2.21. The standard InChI is InChI=1S/C20H24N4O2/c1-15-3-5-16(6-4-15)14-22-19(25)18-13-17(7-8-21-18)20(26)24-11-9-23(2)10-12-24/h3-8,13H,9-12,14H2,1-2H3,(H,22,25). The number of amides is 2. The van der Waals surface area contributed by atoms with Gasteiger partial charge in [-0.15, -0.1) is 0 Å². The number of pyridine rings is 1. The molecule has 1 aromatic heterocycles. The smallest absolute Gasteiger partial charge is 0.270 e. The first-order valence-corrected chi connectivity index (χ1v) is 8.80. The van der Waals surface area contributed by atoms with Crippen LogP contribution < -0.4 is 5.32 Å². The third-order valence-corrected chi connectivity index (χ3v) is 4.60. The average molecular weight is 352 g/mol. The number of carbonyl (C=O) groups excluding carboxylic acids is 2. The fourth-order valence-corrected chi connectivity index (χ4v) is 2.86. The zero-order valence-electron chi connectivity index (χ0n) is 15.2. The fraction of sp³-hybridized carbons (Fsp3) is 0.350. The van der Waals surface area contributed by atoms with Gasteiger partial charge in [-0.1, -0.05) is 29.8 Å². The van der Waals surface area contributed by atoms with Crippen molar-refractivity contribution < 1.29 is 9.59 Å². The molecule has 0 aliphatic carbocycles. The predicted octanol–water partition coefficient (Wildman–Crippen LogP) is 1.71. The van der Waals surface area contributed by atoms with E-state index in [1.807, 2.05) is 43.1 Å². The van der Waals surface area contributed by atoms with Gasteiger partial charge in [-0.05, 0) is 31.7 Å². The number of piperazine rings is 1. The van der Waals surface area contributed by atoms with Crippen molar-refractivity contribution in [1.29, 1.82) is 0 Å². The molecule has 1 aromatic carbocycles. The van der Waals surface area contributed by atoms with Crippen LogP contribution in [0.3, 0.4) is 0 Å². The van der Waals surface area contributed by atoms with Crippen molar-refractivity contribution in [1.82, 2.24) is 20.1 Å². The minimum Gasteiger partial charge on any atom is -0.347 e. The first kappa shape index (κ1) is 18.1. The van der Waals surface area contributed by atoms with E-state index in [-0.39, 0.29) is 17.5 Å². The van der Waals surface area contributed by atoms with Gasteiger partial charge in [0.1, 0.15) is 5.69 Å². The van der Waals surface area contributed by atoms with Crippen molar-refractivity contribution in [3.63, 3.8) is 0 Å². The SMILES string of the molecule is Cc1ccc(CNC(=O)c2cc(C(=O)N3CCN(C)CC3)ccn2)cc1. The minimum absolute atomic E-state index is 0.0481. The van der Waals surface area contributed by atoms with Crippen LogP contribution in [0.25, 0.3) is 0 Å². The van der Waals surface area contributed by atoms with Crippen molar-refractivity contribution in [2.75, 3.05) is 33.2 Å². The summed E-state index contributed by atoms with van der Waals surface area (Å²) in [6.07, 6.45) is 1.52. The molecule has 1 saturated heterocycles. The average Bonchev–Trinajstić information content (AvgIpc) is 2.67. The molecule has 136 valence electrons. The van der Waals surface area contributed by atoms with Gasteiger partial charge in [0.05, 0.1) is 0 Å². The van der Waals surface area contributed by atoms with E-state index in [0.29, 0.717) is 25.2 Å². The van der Waals surface area contributed by atoms with Crippen molar-refractivity contribution in [2.45, 2.75) is 13.5 Å². The Morgan fingerprint density at radius 2 is 1.77 bits per heavy atom. The Balaban J connectivity index is 1.63. The highest BCUT2D eigenvalue weighted by molar-refractivity contribution is 5.98. The molecule has 0 unspecified atom stereocenters. The summed E-state index contributed by atoms with van der Waals surface area (Å²) in [5.74, 6) is -0.327. The molecule has 2 aromatic rings. The Kier molecular flexibility index (Phi) is 5.63. The topological polar surface area (TPSA) is 65.5 Å². The number of nitrogens with zero attached hydrogens (tertiary/aromatic N) is 3. The zero-order chi connectivity index (χ0) is 18.5. The Labute approximate surface area is 153 Å². The summed E-state index contributed by atoms with van der Waals surface area (Å²) >= 11 is 0. The molecule has 6 heteroatoms. The second-order valence-electron chi connectivity index (χ2n) is 6.69. The summed E-state index contributed by atoms with van der Waals surface area (Å²) in [6.45, 7) is 5.58. The highest BCUT2D eigenvalue weighted by Crippen LogP contribution is 2.10. The van der Waals surface area contributed by atoms with E-state index in [2.05, 4.69) is 15.2 Å². The molecular formula is C20H24N4O2. The molecule has 0 radical (unpaired) electrons. The second kappa shape index (κ2) is 8.10. The quantitative estimate of drug-likeness (QED) is 0.910. The van der Waals surface area contributed by atoms with Gasteiger partial charge in [0.25, 0.3) is 11.8 Å². The molecule has 1 aliphatic rings. The van der Waals surface area contributed by atoms with E-state index in [0.717, 1.165) is 18.7 Å². The number of nitrogens with one attached hydrogen (secondary N) is 1. The first-order chi connectivity index (χ1) is 12.5. The Morgan fingerprint density at radius 1 is 1.08 bits per heavy atom. The van der Waals surface area contributed by atoms with E-state index >= 15 is 0 Å². The van der Waals surface area contributed by atoms with Crippen molar-refractivity contribution in [3.05, 3.63) is 65.0 Å². The van der Waals surface area contributed by atoms with Crippen LogP contribution in [0, 0.1) is 6.92 Å². The number of aryl methyl sites for hydroxylation is 1. The number of hydrogen-bond donors (Lipinski definition) is 1. The van der Waals surface area contributed by atoms with Crippen LogP contribution in [-0.4, -0.2) is 59.8 Å². The monoisotopic (exact) mass is 352 g/mol. The summed E-state index contributed by atoms with van der Waals surface area (Å²) in [5, 5.41) is 2.85. The number of hydrogen-bond acceptors (Lipinski definition) is 4. The molecule has 3 rings (SSSR count). The lowest BCUT2D eigenvalue weighted by Crippen LogP contribution is -2.47. The van der Waals surface area contributed by atoms with Gasteiger partial charge in [0, 0.05) is 44.5 Å². The lowest BCUT2D eigenvalue weighted by atomic mass is 10.1. The molecule has 1 aliphatic heterocycles. The van der Waals surface area contributed by atoms with Gasteiger partial charge >= 0.3 is 0 Å². The number of benzene rings is 1. The summed E-state index contributed by atoms with van der Waals surface area (Å²) in [7, 11) is 2.05. The molecule has 1 N–H and O–H groups in total. The van der Waals surface area contributed by atoms with Gasteiger partial charge in [0.15, 0.2) is 0 Å². The van der Waals surface area contributed by atoms with Gasteiger partial charge in [-0.25, -0.2) is 0 Å². The molecule has 0 bridgehead atoms. The summed E-state index contributed by atoms with van der Waals surface area (Å²) in [4.78, 5) is 33.1. The van der Waals surface area contributed by atoms with E-state index in [4.69, 9.17) is 0 Å². The normalized spacial score (nSPS) is 14.9. The third kappa shape index (κ3) is 4.46. The maximum absolute atomic E-state index is 12.6. The molecular weight excluding hydrogens is 328 g/mol. The predicted molar refractivity (Wildman–Crippen MR) is 100.0 cm³/mol. The van der Waals surface area contributed by atoms with Gasteiger partial charge < -0.3 is 15.1 Å². The molecule has 26 heavy (non-hydrogen) atoms. The van der Waals surface area contributed by atoms with Crippen LogP contribution in [0.15, 0.2) is 42.6 Å². The number of aromatic nitrogens is 1. The van der Waals surface area contributed by atoms with E-state index in [9.17, 15) is 9.59 Å². The lowest BCUT2D eigenvalue weighted by molar-refractivity contribution is 0.0664. The zero-order valence-corrected chi connectivity index (χ0v) is 15.2. The minimum atomic E-state index is -0.279. The van der Waals surface area contributed by atoms with Crippen molar-refractivity contribution >= 4 is 11.8 Å². The maximum atomic E-state index is 12.6. The van der Waals surface area contributed by atoms with Crippen LogP contribution in [-0.2, 0) is 6.54 Å². The highest BCUT2D eigenvalue weighted by atomic mass is 16.2. The summed E-state index contributed by atoms with van der Waals surface area (Å²) < 4.78 is 0. The second-order valence-corrected chi connectivity index (χ2v) is 6.69. The number of likely N-dealkylation sites (N-methyl/N-ethyl adjacent to an activating group) is 1. The Hall–Kier alpha value is -2.73. The molecule has 6 nitrogen and oxygen atoms in total. The van der Waals surface area contributed by atoms with Gasteiger partial charge in [-0.3, -0.25) is 14.6 Å². The van der Waals surface area contributed by atoms with Crippen LogP contribution >= 0.6 is 0 Å². The van der Waals surface area contributed by atoms with Gasteiger partial charge in [-0.2, -0.15) is 0 Å². The molecule has 1 fully saturated rings. The third-order valence-electron chi connectivity index (χ3n) is 4.60. The van der Waals surface area contributed by atoms with Crippen LogP contribution in [0.4, 0.5) is 0 Å². The number of carbonyl (C=O) groups is 2. The van der Waals surface area contributed by atoms with E-state index < -0.39 is 0 Å². The lowest BCUT2D eigenvalue weighted by Gasteiger charge is -2.32. The molecule has 0 spiro atoms. The van der Waals surface area contributed by atoms with E-state index in [1.54, 1.807) is 12.1 Å². The molecule has 2 amide bonds. The number of rotatable bonds is 4. The van der Waals surface area contributed by atoms with Crippen molar-refractivity contribution in [2.24, 2.45) is 0 Å². The molecule has 0 saturated carbocycles. The van der Waals surface area contributed by atoms with Crippen LogP contribution in [0.5, 0.6) is 0 Å². The van der Waals surface area contributed by atoms with Crippen LogP contribution in [0.1, 0.15) is 32.0 Å². The summed E-state index contributed by atoms with van der Waals surface area (Å²) in [6, 6.07) is 11.2. The first-order valence-electron chi connectivity index (χ1n) is 8.80. The Bertz CT molecular complexity index is 781. The molecule has 0 atom stereocenters. The maximum Gasteiger partial charge on any atom is 0.270 e. The summed E-state index contributed by atoms with van der Waals surface area (Å²) in [5.41, 5.74) is 2.97. The van der Waals surface area contributed by atoms with Crippen molar-refractivity contribution in [3.8, 4) is 0 Å². The van der Waals surface area contributed by atoms with E-state index in [1.165, 1.54) is 11.8 Å². The van der Waals surface area contributed by atoms with Crippen LogP contribution in [0.2, 0.25) is 0 Å². The fourth-order valence-electron chi connectivity index (χ4n) is 2.86. The molecule has 2 heterocycles. The Morgan fingerprint density at radius 3 is 2.46 bits per heavy atom. The largest absolute Gasteiger partial charge is 0.347 e.